The monoisotopic (exact) mass is 384 g/mol. The average molecular weight is 384 g/mol. The number of benzene rings is 2. The minimum atomic E-state index is -0.992. The number of hydrogen-bond donors (Lipinski definition) is 3. The molecule has 0 saturated heterocycles. The highest BCUT2D eigenvalue weighted by molar-refractivity contribution is 5.99. The molecule has 0 heterocycles. The Morgan fingerprint density at radius 2 is 1.68 bits per heavy atom. The lowest BCUT2D eigenvalue weighted by Crippen LogP contribution is -2.34. The van der Waals surface area contributed by atoms with Crippen molar-refractivity contribution in [3.05, 3.63) is 65.2 Å². The molecular weight excluding hydrogens is 360 g/mol. The Morgan fingerprint density at radius 3 is 2.25 bits per heavy atom. The van der Waals surface area contributed by atoms with Crippen molar-refractivity contribution in [2.24, 2.45) is 5.92 Å². The molecule has 2 amide bonds. The highest BCUT2D eigenvalue weighted by Gasteiger charge is 2.20. The van der Waals surface area contributed by atoms with Gasteiger partial charge < -0.3 is 20.5 Å². The number of rotatable bonds is 9. The number of amides is 2. The number of carbonyl (C=O) groups is 3. The van der Waals surface area contributed by atoms with E-state index in [-0.39, 0.29) is 18.9 Å². The molecular formula is C21H24N2O5. The molecule has 28 heavy (non-hydrogen) atoms. The van der Waals surface area contributed by atoms with Gasteiger partial charge in [0, 0.05) is 24.7 Å². The molecule has 0 aliphatic rings. The quantitative estimate of drug-likeness (QED) is 0.614. The van der Waals surface area contributed by atoms with Crippen LogP contribution in [0.25, 0.3) is 0 Å². The number of ether oxygens (including phenoxy) is 1. The van der Waals surface area contributed by atoms with Crippen LogP contribution in [0.4, 0.5) is 0 Å². The molecule has 0 saturated carbocycles. The van der Waals surface area contributed by atoms with Crippen molar-refractivity contribution < 1.29 is 24.2 Å². The third kappa shape index (κ3) is 5.84. The predicted octanol–water partition coefficient (Wildman–Crippen LogP) is 2.12. The Morgan fingerprint density at radius 1 is 1.04 bits per heavy atom. The first-order valence-corrected chi connectivity index (χ1v) is 8.99. The Balaban J connectivity index is 2.00. The molecule has 2 aromatic carbocycles. The largest absolute Gasteiger partial charge is 0.494 e. The van der Waals surface area contributed by atoms with Gasteiger partial charge in [-0.15, -0.1) is 0 Å². The van der Waals surface area contributed by atoms with Crippen molar-refractivity contribution >= 4 is 17.8 Å². The molecule has 0 fully saturated rings. The van der Waals surface area contributed by atoms with Crippen molar-refractivity contribution in [2.45, 2.75) is 13.3 Å². The summed E-state index contributed by atoms with van der Waals surface area (Å²) in [5.74, 6) is -1.77. The minimum absolute atomic E-state index is 0.0222. The van der Waals surface area contributed by atoms with Gasteiger partial charge in [-0.2, -0.15) is 0 Å². The maximum atomic E-state index is 12.4. The molecule has 1 atom stereocenters. The summed E-state index contributed by atoms with van der Waals surface area (Å²) >= 11 is 0. The number of carboxylic acid groups (broad SMARTS) is 1. The van der Waals surface area contributed by atoms with E-state index < -0.39 is 17.8 Å². The molecule has 0 spiro atoms. The van der Waals surface area contributed by atoms with E-state index in [1.165, 1.54) is 13.1 Å². The van der Waals surface area contributed by atoms with E-state index in [1.54, 1.807) is 30.3 Å². The second kappa shape index (κ2) is 10.1. The number of aliphatic carboxylic acids is 1. The van der Waals surface area contributed by atoms with Gasteiger partial charge in [0.15, 0.2) is 0 Å². The van der Waals surface area contributed by atoms with E-state index in [2.05, 4.69) is 10.6 Å². The fourth-order valence-electron chi connectivity index (χ4n) is 2.68. The number of hydrogen-bond acceptors (Lipinski definition) is 4. The molecule has 2 rings (SSSR count). The van der Waals surface area contributed by atoms with Gasteiger partial charge in [0.05, 0.1) is 12.5 Å². The summed E-state index contributed by atoms with van der Waals surface area (Å²) in [5, 5.41) is 14.6. The van der Waals surface area contributed by atoms with Gasteiger partial charge in [-0.05, 0) is 49.2 Å². The van der Waals surface area contributed by atoms with Crippen LogP contribution in [0.3, 0.4) is 0 Å². The predicted molar refractivity (Wildman–Crippen MR) is 105 cm³/mol. The lowest BCUT2D eigenvalue weighted by atomic mass is 9.99. The standard InChI is InChI=1S/C21H24N2O5/c1-3-28-18-9-7-14(8-10-18)11-17(21(26)27)13-23-20(25)16-6-4-5-15(12-16)19(24)22-2/h4-10,12,17H,3,11,13H2,1-2H3,(H,22,24)(H,23,25)(H,26,27). The highest BCUT2D eigenvalue weighted by atomic mass is 16.5. The smallest absolute Gasteiger partial charge is 0.308 e. The van der Waals surface area contributed by atoms with Gasteiger partial charge in [-0.25, -0.2) is 0 Å². The van der Waals surface area contributed by atoms with Crippen LogP contribution in [-0.4, -0.2) is 43.1 Å². The van der Waals surface area contributed by atoms with Crippen LogP contribution < -0.4 is 15.4 Å². The van der Waals surface area contributed by atoms with Crippen molar-refractivity contribution in [1.82, 2.24) is 10.6 Å². The lowest BCUT2D eigenvalue weighted by Gasteiger charge is -2.14. The average Bonchev–Trinajstić information content (AvgIpc) is 2.71. The molecule has 1 unspecified atom stereocenters. The fraction of sp³-hybridized carbons (Fsp3) is 0.286. The summed E-state index contributed by atoms with van der Waals surface area (Å²) in [5.41, 5.74) is 1.50. The van der Waals surface area contributed by atoms with Crippen molar-refractivity contribution in [3.63, 3.8) is 0 Å². The van der Waals surface area contributed by atoms with Gasteiger partial charge in [0.1, 0.15) is 5.75 Å². The SMILES string of the molecule is CCOc1ccc(CC(CNC(=O)c2cccc(C(=O)NC)c2)C(=O)O)cc1. The van der Waals surface area contributed by atoms with Crippen LogP contribution in [-0.2, 0) is 11.2 Å². The number of nitrogens with one attached hydrogen (secondary N) is 2. The topological polar surface area (TPSA) is 105 Å². The zero-order valence-electron chi connectivity index (χ0n) is 15.9. The van der Waals surface area contributed by atoms with E-state index in [9.17, 15) is 19.5 Å². The van der Waals surface area contributed by atoms with Crippen molar-refractivity contribution in [1.29, 1.82) is 0 Å². The molecule has 0 radical (unpaired) electrons. The zero-order valence-corrected chi connectivity index (χ0v) is 15.9. The number of carbonyl (C=O) groups excluding carboxylic acids is 2. The third-order valence-electron chi connectivity index (χ3n) is 4.19. The van der Waals surface area contributed by atoms with Crippen LogP contribution in [0.1, 0.15) is 33.2 Å². The summed E-state index contributed by atoms with van der Waals surface area (Å²) in [6.07, 6.45) is 0.278. The molecule has 7 heteroatoms. The van der Waals surface area contributed by atoms with Crippen LogP contribution in [0.2, 0.25) is 0 Å². The third-order valence-corrected chi connectivity index (χ3v) is 4.19. The van der Waals surface area contributed by atoms with E-state index in [0.29, 0.717) is 17.7 Å². The summed E-state index contributed by atoms with van der Waals surface area (Å²) in [6, 6.07) is 13.5. The molecule has 0 aliphatic carbocycles. The van der Waals surface area contributed by atoms with Crippen molar-refractivity contribution in [2.75, 3.05) is 20.2 Å². The molecule has 7 nitrogen and oxygen atoms in total. The second-order valence-corrected chi connectivity index (χ2v) is 6.19. The number of carboxylic acids is 1. The first-order chi connectivity index (χ1) is 13.4. The molecule has 2 aromatic rings. The Bertz CT molecular complexity index is 833. The molecule has 148 valence electrons. The zero-order chi connectivity index (χ0) is 20.5. The fourth-order valence-corrected chi connectivity index (χ4v) is 2.68. The lowest BCUT2D eigenvalue weighted by molar-refractivity contribution is -0.141. The van der Waals surface area contributed by atoms with E-state index >= 15 is 0 Å². The maximum absolute atomic E-state index is 12.4. The van der Waals surface area contributed by atoms with Crippen LogP contribution in [0.15, 0.2) is 48.5 Å². The molecule has 0 bridgehead atoms. The summed E-state index contributed by atoms with van der Waals surface area (Å²) < 4.78 is 5.37. The van der Waals surface area contributed by atoms with Crippen LogP contribution in [0, 0.1) is 5.92 Å². The second-order valence-electron chi connectivity index (χ2n) is 6.19. The Hall–Kier alpha value is -3.35. The van der Waals surface area contributed by atoms with Gasteiger partial charge in [0.25, 0.3) is 11.8 Å². The van der Waals surface area contributed by atoms with Crippen molar-refractivity contribution in [3.8, 4) is 5.75 Å². The summed E-state index contributed by atoms with van der Waals surface area (Å²) in [4.78, 5) is 35.6. The maximum Gasteiger partial charge on any atom is 0.308 e. The summed E-state index contributed by atoms with van der Waals surface area (Å²) in [6.45, 7) is 2.43. The van der Waals surface area contributed by atoms with E-state index in [0.717, 1.165) is 11.3 Å². The van der Waals surface area contributed by atoms with Gasteiger partial charge in [-0.1, -0.05) is 18.2 Å². The minimum Gasteiger partial charge on any atom is -0.494 e. The van der Waals surface area contributed by atoms with E-state index in [4.69, 9.17) is 4.74 Å². The normalized spacial score (nSPS) is 11.4. The van der Waals surface area contributed by atoms with Gasteiger partial charge in [0.2, 0.25) is 0 Å². The highest BCUT2D eigenvalue weighted by Crippen LogP contribution is 2.15. The Kier molecular flexibility index (Phi) is 7.56. The first kappa shape index (κ1) is 21.0. The Labute approximate surface area is 163 Å². The van der Waals surface area contributed by atoms with Gasteiger partial charge in [-0.3, -0.25) is 14.4 Å². The van der Waals surface area contributed by atoms with E-state index in [1.807, 2.05) is 19.1 Å². The molecule has 0 aromatic heterocycles. The molecule has 0 aliphatic heterocycles. The van der Waals surface area contributed by atoms with Crippen LogP contribution >= 0.6 is 0 Å². The van der Waals surface area contributed by atoms with Crippen LogP contribution in [0.5, 0.6) is 5.75 Å². The molecule has 3 N–H and O–H groups in total. The van der Waals surface area contributed by atoms with Gasteiger partial charge >= 0.3 is 5.97 Å². The summed E-state index contributed by atoms with van der Waals surface area (Å²) in [7, 11) is 1.51. The first-order valence-electron chi connectivity index (χ1n) is 8.99.